The number of fused-ring (bicyclic) bond motifs is 2. The molecular weight excluding hydrogens is 414 g/mol. The highest BCUT2D eigenvalue weighted by Gasteiger charge is 2.30. The molecule has 2 aliphatic rings. The smallest absolute Gasteiger partial charge is 0.249 e. The Labute approximate surface area is 192 Å². The molecule has 8 heteroatoms. The second-order valence-electron chi connectivity index (χ2n) is 9.18. The summed E-state index contributed by atoms with van der Waals surface area (Å²) in [6.45, 7) is 2.91. The number of nitrogens with zero attached hydrogens (tertiary/aromatic N) is 4. The van der Waals surface area contributed by atoms with Gasteiger partial charge in [0, 0.05) is 42.1 Å². The van der Waals surface area contributed by atoms with Gasteiger partial charge in [0.15, 0.2) is 5.65 Å². The summed E-state index contributed by atoms with van der Waals surface area (Å²) in [7, 11) is 0. The van der Waals surface area contributed by atoms with Crippen molar-refractivity contribution in [3.8, 4) is 0 Å². The van der Waals surface area contributed by atoms with Gasteiger partial charge in [-0.3, -0.25) is 10.1 Å². The molecule has 1 amide bonds. The van der Waals surface area contributed by atoms with Crippen LogP contribution in [0.3, 0.4) is 0 Å². The van der Waals surface area contributed by atoms with E-state index in [-0.39, 0.29) is 11.8 Å². The van der Waals surface area contributed by atoms with E-state index in [2.05, 4.69) is 67.1 Å². The van der Waals surface area contributed by atoms with Crippen LogP contribution >= 0.6 is 0 Å². The van der Waals surface area contributed by atoms with E-state index >= 15 is 0 Å². The van der Waals surface area contributed by atoms with E-state index in [9.17, 15) is 4.79 Å². The highest BCUT2D eigenvalue weighted by molar-refractivity contribution is 5.92. The molecule has 8 nitrogen and oxygen atoms in total. The van der Waals surface area contributed by atoms with E-state index in [4.69, 9.17) is 0 Å². The molecule has 1 saturated carbocycles. The largest absolute Gasteiger partial charge is 0.361 e. The van der Waals surface area contributed by atoms with E-state index in [1.54, 1.807) is 0 Å². The molecule has 3 aromatic heterocycles. The molecule has 33 heavy (non-hydrogen) atoms. The maximum Gasteiger partial charge on any atom is 0.249 e. The minimum absolute atomic E-state index is 0.0342. The van der Waals surface area contributed by atoms with E-state index < -0.39 is 0 Å². The number of aromatic nitrogens is 4. The third-order valence-corrected chi connectivity index (χ3v) is 6.84. The van der Waals surface area contributed by atoms with Crippen molar-refractivity contribution < 1.29 is 4.79 Å². The number of para-hydroxylation sites is 1. The molecule has 6 rings (SSSR count). The Kier molecular flexibility index (Phi) is 5.22. The number of hydrogen-bond donors (Lipinski definition) is 3. The lowest BCUT2D eigenvalue weighted by Gasteiger charge is -2.33. The molecule has 0 radical (unpaired) electrons. The van der Waals surface area contributed by atoms with E-state index in [1.807, 2.05) is 16.6 Å². The summed E-state index contributed by atoms with van der Waals surface area (Å²) in [5, 5.41) is 12.5. The van der Waals surface area contributed by atoms with Gasteiger partial charge in [-0.1, -0.05) is 24.3 Å². The number of pyridine rings is 1. The molecular formula is C25H29N7O. The molecule has 0 spiro atoms. The molecule has 0 unspecified atom stereocenters. The first-order valence-corrected chi connectivity index (χ1v) is 11.9. The topological polar surface area (TPSA) is 90.4 Å². The van der Waals surface area contributed by atoms with Gasteiger partial charge in [0.2, 0.25) is 11.9 Å². The average Bonchev–Trinajstić information content (AvgIpc) is 3.50. The molecule has 4 heterocycles. The lowest BCUT2D eigenvalue weighted by Crippen LogP contribution is -2.43. The van der Waals surface area contributed by atoms with Crippen molar-refractivity contribution in [2.75, 3.05) is 29.9 Å². The number of H-pyrrole nitrogens is 1. The Morgan fingerprint density at radius 2 is 1.91 bits per heavy atom. The van der Waals surface area contributed by atoms with Gasteiger partial charge in [0.25, 0.3) is 0 Å². The van der Waals surface area contributed by atoms with Gasteiger partial charge in [-0.15, -0.1) is 5.10 Å². The molecule has 1 aromatic carbocycles. The summed E-state index contributed by atoms with van der Waals surface area (Å²) in [5.74, 6) is 1.60. The fourth-order valence-corrected chi connectivity index (χ4v) is 4.80. The molecule has 1 aliphatic heterocycles. The van der Waals surface area contributed by atoms with Crippen LogP contribution in [-0.2, 0) is 11.2 Å². The average molecular weight is 444 g/mol. The fraction of sp³-hybridized carbons (Fsp3) is 0.400. The van der Waals surface area contributed by atoms with Crippen LogP contribution in [-0.4, -0.2) is 51.2 Å². The second kappa shape index (κ2) is 8.51. The molecule has 3 N–H and O–H groups in total. The molecule has 0 atom stereocenters. The number of nitrogens with one attached hydrogen (secondary N) is 3. The predicted octanol–water partition coefficient (Wildman–Crippen LogP) is 3.36. The van der Waals surface area contributed by atoms with Crippen LogP contribution in [0.15, 0.2) is 48.7 Å². The van der Waals surface area contributed by atoms with E-state index in [0.29, 0.717) is 12.0 Å². The SMILES string of the molecule is O=C(Nc1nc2cccc(N3CCC(NCCc4c[nH]c5ccccc45)CC3)n2n1)C1CC1. The molecule has 170 valence electrons. The maximum atomic E-state index is 12.1. The van der Waals surface area contributed by atoms with E-state index in [1.165, 1.54) is 16.5 Å². The van der Waals surface area contributed by atoms with Gasteiger partial charge >= 0.3 is 0 Å². The number of anilines is 2. The second-order valence-corrected chi connectivity index (χ2v) is 9.18. The zero-order valence-corrected chi connectivity index (χ0v) is 18.6. The van der Waals surface area contributed by atoms with Gasteiger partial charge in [0.05, 0.1) is 0 Å². The monoisotopic (exact) mass is 443 g/mol. The number of carbonyl (C=O) groups excluding carboxylic acids is 1. The Morgan fingerprint density at radius 3 is 2.76 bits per heavy atom. The van der Waals surface area contributed by atoms with Crippen molar-refractivity contribution >= 4 is 34.2 Å². The van der Waals surface area contributed by atoms with Gasteiger partial charge in [-0.25, -0.2) is 0 Å². The van der Waals surface area contributed by atoms with Crippen LogP contribution in [0, 0.1) is 5.92 Å². The number of amides is 1. The van der Waals surface area contributed by atoms with E-state index in [0.717, 1.165) is 63.2 Å². The zero-order chi connectivity index (χ0) is 22.2. The lowest BCUT2D eigenvalue weighted by atomic mass is 10.0. The van der Waals surface area contributed by atoms with Crippen molar-refractivity contribution in [1.82, 2.24) is 24.9 Å². The van der Waals surface area contributed by atoms with Crippen LogP contribution in [0.2, 0.25) is 0 Å². The van der Waals surface area contributed by atoms with Crippen molar-refractivity contribution in [3.63, 3.8) is 0 Å². The number of hydrogen-bond acceptors (Lipinski definition) is 5. The standard InChI is InChI=1S/C25H29N7O/c33-24(17-8-9-17)29-25-28-22-6-3-7-23(32(22)30-25)31-14-11-19(12-15-31)26-13-10-18-16-27-21-5-2-1-4-20(18)21/h1-7,16-17,19,26-27H,8-15H2,(H,29,30,33). The van der Waals surface area contributed by atoms with Gasteiger partial charge in [-0.2, -0.15) is 9.50 Å². The van der Waals surface area contributed by atoms with Crippen molar-refractivity contribution in [2.45, 2.75) is 38.1 Å². The first kappa shape index (κ1) is 20.2. The Balaban J connectivity index is 1.05. The van der Waals surface area contributed by atoms with Crippen molar-refractivity contribution in [2.24, 2.45) is 5.92 Å². The summed E-state index contributed by atoms with van der Waals surface area (Å²) in [6, 6.07) is 15.0. The Morgan fingerprint density at radius 1 is 1.06 bits per heavy atom. The van der Waals surface area contributed by atoms with Crippen LogP contribution < -0.4 is 15.5 Å². The molecule has 1 saturated heterocycles. The number of carbonyl (C=O) groups is 1. The summed E-state index contributed by atoms with van der Waals surface area (Å²) in [4.78, 5) is 22.3. The summed E-state index contributed by atoms with van der Waals surface area (Å²) >= 11 is 0. The summed E-state index contributed by atoms with van der Waals surface area (Å²) in [5.41, 5.74) is 3.34. The maximum absolute atomic E-state index is 12.1. The zero-order valence-electron chi connectivity index (χ0n) is 18.6. The van der Waals surface area contributed by atoms with Crippen LogP contribution in [0.5, 0.6) is 0 Å². The van der Waals surface area contributed by atoms with Crippen LogP contribution in [0.25, 0.3) is 16.6 Å². The first-order chi connectivity index (χ1) is 16.2. The minimum atomic E-state index is 0.0342. The van der Waals surface area contributed by atoms with Gasteiger partial charge < -0.3 is 15.2 Å². The number of benzene rings is 1. The third-order valence-electron chi connectivity index (χ3n) is 6.84. The Bertz CT molecular complexity index is 1280. The molecule has 2 fully saturated rings. The number of aromatic amines is 1. The van der Waals surface area contributed by atoms with Crippen molar-refractivity contribution in [3.05, 3.63) is 54.2 Å². The fourth-order valence-electron chi connectivity index (χ4n) is 4.80. The highest BCUT2D eigenvalue weighted by Crippen LogP contribution is 2.30. The predicted molar refractivity (Wildman–Crippen MR) is 130 cm³/mol. The summed E-state index contributed by atoms with van der Waals surface area (Å²) < 4.78 is 1.85. The lowest BCUT2D eigenvalue weighted by molar-refractivity contribution is -0.117. The molecule has 4 aromatic rings. The minimum Gasteiger partial charge on any atom is -0.361 e. The number of piperidine rings is 1. The number of rotatable bonds is 7. The normalized spacial score (nSPS) is 17.2. The quantitative estimate of drug-likeness (QED) is 0.408. The highest BCUT2D eigenvalue weighted by atomic mass is 16.2. The first-order valence-electron chi connectivity index (χ1n) is 11.9. The Hall–Kier alpha value is -3.39. The third kappa shape index (κ3) is 4.18. The van der Waals surface area contributed by atoms with Crippen molar-refractivity contribution in [1.29, 1.82) is 0 Å². The molecule has 1 aliphatic carbocycles. The summed E-state index contributed by atoms with van der Waals surface area (Å²) in [6.07, 6.45) is 7.27. The molecule has 0 bridgehead atoms. The van der Waals surface area contributed by atoms with Gasteiger partial charge in [-0.05, 0) is 62.4 Å². The van der Waals surface area contributed by atoms with Gasteiger partial charge in [0.1, 0.15) is 5.82 Å². The van der Waals surface area contributed by atoms with Crippen LogP contribution in [0.1, 0.15) is 31.2 Å². The van der Waals surface area contributed by atoms with Crippen LogP contribution in [0.4, 0.5) is 11.8 Å².